The Balaban J connectivity index is 1.33. The van der Waals surface area contributed by atoms with Crippen LogP contribution in [0.3, 0.4) is 0 Å². The largest absolute Gasteiger partial charge is 0.346 e. The van der Waals surface area contributed by atoms with Crippen LogP contribution in [0.2, 0.25) is 0 Å². The second-order valence-corrected chi connectivity index (χ2v) is 13.1. The standard InChI is InChI=1S/C22H39N7O3S2/c1-26(2)34(31,32)28-14-12-27(13-15-28)17-20-16-24-21(33-20)25-22(30)29(18-6-4-3-5-7-18)19-8-10-23-11-9-19/h16,18-19,23H,3-15,17H2,1-2H3,(H,24,25,30)/p+1. The Hall–Kier alpha value is -1.31. The summed E-state index contributed by atoms with van der Waals surface area (Å²) in [5.41, 5.74) is 0. The van der Waals surface area contributed by atoms with Crippen molar-refractivity contribution in [1.29, 1.82) is 0 Å². The molecule has 12 heteroatoms. The smallest absolute Gasteiger partial charge is 0.324 e. The van der Waals surface area contributed by atoms with Crippen LogP contribution in [0.1, 0.15) is 49.8 Å². The number of hydrogen-bond donors (Lipinski definition) is 2. The lowest BCUT2D eigenvalue weighted by Gasteiger charge is -2.40. The van der Waals surface area contributed by atoms with Crippen LogP contribution in [0.15, 0.2) is 6.20 Å². The zero-order valence-corrected chi connectivity index (χ0v) is 22.1. The minimum absolute atomic E-state index is 0.00204. The van der Waals surface area contributed by atoms with Gasteiger partial charge >= 0.3 is 6.03 Å². The molecule has 3 fully saturated rings. The van der Waals surface area contributed by atoms with Gasteiger partial charge in [-0.15, -0.1) is 11.3 Å². The molecule has 192 valence electrons. The number of urea groups is 1. The van der Waals surface area contributed by atoms with Gasteiger partial charge in [0.2, 0.25) is 0 Å². The normalized spacial score (nSPS) is 22.2. The molecule has 2 saturated heterocycles. The first-order chi connectivity index (χ1) is 16.3. The van der Waals surface area contributed by atoms with E-state index in [1.807, 2.05) is 6.20 Å². The number of thiazole rings is 1. The molecule has 0 radical (unpaired) electrons. The molecule has 4 rings (SSSR count). The van der Waals surface area contributed by atoms with Crippen molar-refractivity contribution in [2.75, 3.05) is 58.7 Å². The van der Waals surface area contributed by atoms with Crippen LogP contribution in [0.4, 0.5) is 9.93 Å². The number of aromatic nitrogens is 1. The van der Waals surface area contributed by atoms with Crippen LogP contribution >= 0.6 is 11.3 Å². The molecule has 1 aromatic rings. The van der Waals surface area contributed by atoms with Crippen molar-refractivity contribution < 1.29 is 18.5 Å². The summed E-state index contributed by atoms with van der Waals surface area (Å²) in [5.74, 6) is 0. The zero-order chi connectivity index (χ0) is 24.1. The number of anilines is 1. The molecular formula is C22H40N7O3S2+. The van der Waals surface area contributed by atoms with Crippen molar-refractivity contribution in [3.63, 3.8) is 0 Å². The molecule has 0 bridgehead atoms. The van der Waals surface area contributed by atoms with E-state index in [2.05, 4.69) is 25.4 Å². The minimum Gasteiger partial charge on any atom is -0.346 e. The second-order valence-electron chi connectivity index (χ2n) is 9.82. The molecule has 10 nitrogen and oxygen atoms in total. The number of hydrogen-bond acceptors (Lipinski definition) is 6. The Morgan fingerprint density at radius 2 is 1.74 bits per heavy atom. The van der Waals surface area contributed by atoms with E-state index in [9.17, 15) is 13.2 Å². The fraction of sp³-hybridized carbons (Fsp3) is 0.818. The number of carbonyl (C=O) groups is 1. The summed E-state index contributed by atoms with van der Waals surface area (Å²) >= 11 is 1.52. The summed E-state index contributed by atoms with van der Waals surface area (Å²) in [6, 6.07) is 0.663. The monoisotopic (exact) mass is 514 g/mol. The molecule has 2 amide bonds. The van der Waals surface area contributed by atoms with Gasteiger partial charge in [-0.05, 0) is 12.8 Å². The summed E-state index contributed by atoms with van der Waals surface area (Å²) in [6.45, 7) is 5.23. The summed E-state index contributed by atoms with van der Waals surface area (Å²) in [4.78, 5) is 23.3. The van der Waals surface area contributed by atoms with E-state index in [1.165, 1.54) is 39.2 Å². The Morgan fingerprint density at radius 3 is 2.38 bits per heavy atom. The molecule has 34 heavy (non-hydrogen) atoms. The molecule has 3 heterocycles. The highest BCUT2D eigenvalue weighted by Gasteiger charge is 2.34. The highest BCUT2D eigenvalue weighted by molar-refractivity contribution is 7.86. The van der Waals surface area contributed by atoms with Crippen LogP contribution in [0.25, 0.3) is 0 Å². The maximum atomic E-state index is 13.4. The van der Waals surface area contributed by atoms with Gasteiger partial charge in [0, 0.05) is 82.8 Å². The Morgan fingerprint density at radius 1 is 1.09 bits per heavy atom. The van der Waals surface area contributed by atoms with Gasteiger partial charge in [-0.25, -0.2) is 9.78 Å². The fourth-order valence-electron chi connectivity index (χ4n) is 5.34. The number of nitrogens with one attached hydrogen (secondary N) is 1. The first-order valence-corrected chi connectivity index (χ1v) is 14.8. The molecule has 1 saturated carbocycles. The Bertz CT molecular complexity index is 885. The molecule has 1 aromatic heterocycles. The van der Waals surface area contributed by atoms with Gasteiger partial charge in [0.05, 0.1) is 13.1 Å². The zero-order valence-electron chi connectivity index (χ0n) is 20.5. The number of amides is 2. The molecule has 1 aliphatic carbocycles. The molecule has 3 N–H and O–H groups in total. The summed E-state index contributed by atoms with van der Waals surface area (Å²) < 4.78 is 27.4. The fourth-order valence-corrected chi connectivity index (χ4v) is 7.27. The highest BCUT2D eigenvalue weighted by Crippen LogP contribution is 2.28. The maximum absolute atomic E-state index is 13.4. The van der Waals surface area contributed by atoms with E-state index in [4.69, 9.17) is 0 Å². The summed E-state index contributed by atoms with van der Waals surface area (Å²) in [7, 11) is -0.224. The van der Waals surface area contributed by atoms with Gasteiger partial charge < -0.3 is 10.2 Å². The average molecular weight is 515 g/mol. The lowest BCUT2D eigenvalue weighted by molar-refractivity contribution is -0.663. The van der Waals surface area contributed by atoms with E-state index in [-0.39, 0.29) is 6.03 Å². The van der Waals surface area contributed by atoms with Crippen LogP contribution in [-0.4, -0.2) is 103 Å². The number of quaternary nitrogens is 1. The van der Waals surface area contributed by atoms with E-state index in [1.54, 1.807) is 14.1 Å². The Labute approximate surface area is 207 Å². The quantitative estimate of drug-likeness (QED) is 0.564. The van der Waals surface area contributed by atoms with E-state index in [0.29, 0.717) is 49.9 Å². The second kappa shape index (κ2) is 11.6. The number of rotatable bonds is 7. The topological polar surface area (TPSA) is 106 Å². The van der Waals surface area contributed by atoms with Crippen molar-refractivity contribution in [1.82, 2.24) is 23.4 Å². The van der Waals surface area contributed by atoms with Gasteiger partial charge in [0.25, 0.3) is 10.2 Å². The molecule has 0 spiro atoms. The first kappa shape index (κ1) is 25.8. The minimum atomic E-state index is -3.36. The van der Waals surface area contributed by atoms with Gasteiger partial charge in [0.15, 0.2) is 5.13 Å². The van der Waals surface area contributed by atoms with Gasteiger partial charge in [-0.1, -0.05) is 19.3 Å². The lowest BCUT2D eigenvalue weighted by Crippen LogP contribution is -2.87. The predicted molar refractivity (Wildman–Crippen MR) is 134 cm³/mol. The molecule has 0 atom stereocenters. The van der Waals surface area contributed by atoms with Crippen molar-refractivity contribution in [2.45, 2.75) is 63.6 Å². The van der Waals surface area contributed by atoms with Gasteiger partial charge in [0.1, 0.15) is 0 Å². The van der Waals surface area contributed by atoms with Crippen molar-refractivity contribution in [3.8, 4) is 0 Å². The SMILES string of the molecule is CN(C)S(=O)(=O)N1CCN(Cc2cnc(NC(=O)N(C3CCCCC3)C3CC[NH2+]CC3)s2)CC1. The van der Waals surface area contributed by atoms with Crippen LogP contribution in [0.5, 0.6) is 0 Å². The van der Waals surface area contributed by atoms with Crippen LogP contribution in [-0.2, 0) is 16.8 Å². The van der Waals surface area contributed by atoms with Crippen molar-refractivity contribution in [3.05, 3.63) is 11.1 Å². The maximum Gasteiger partial charge on any atom is 0.324 e. The third-order valence-electron chi connectivity index (χ3n) is 7.27. The molecule has 0 unspecified atom stereocenters. The number of carbonyl (C=O) groups excluding carboxylic acids is 1. The Kier molecular flexibility index (Phi) is 8.81. The highest BCUT2D eigenvalue weighted by atomic mass is 32.2. The van der Waals surface area contributed by atoms with E-state index >= 15 is 0 Å². The summed E-state index contributed by atoms with van der Waals surface area (Å²) in [6.07, 6.45) is 9.85. The van der Waals surface area contributed by atoms with E-state index < -0.39 is 10.2 Å². The number of nitrogens with zero attached hydrogens (tertiary/aromatic N) is 5. The third-order valence-corrected chi connectivity index (χ3v) is 10.1. The molecule has 2 aliphatic heterocycles. The number of piperidine rings is 1. The molecule has 3 aliphatic rings. The van der Waals surface area contributed by atoms with Gasteiger partial charge in [-0.2, -0.15) is 17.0 Å². The summed E-state index contributed by atoms with van der Waals surface area (Å²) in [5, 5.41) is 6.10. The van der Waals surface area contributed by atoms with Crippen LogP contribution in [0, 0.1) is 0 Å². The predicted octanol–water partition coefficient (Wildman–Crippen LogP) is 0.960. The van der Waals surface area contributed by atoms with Crippen molar-refractivity contribution >= 4 is 32.7 Å². The van der Waals surface area contributed by atoms with Crippen LogP contribution < -0.4 is 10.6 Å². The molecule has 0 aromatic carbocycles. The average Bonchev–Trinajstić information content (AvgIpc) is 3.27. The number of piperazine rings is 1. The lowest BCUT2D eigenvalue weighted by atomic mass is 9.92. The third kappa shape index (κ3) is 6.27. The van der Waals surface area contributed by atoms with Crippen molar-refractivity contribution in [2.24, 2.45) is 0 Å². The number of nitrogens with two attached hydrogens (primary N) is 1. The first-order valence-electron chi connectivity index (χ1n) is 12.6. The van der Waals surface area contributed by atoms with Gasteiger partial charge in [-0.3, -0.25) is 10.2 Å². The molecular weight excluding hydrogens is 474 g/mol. The van der Waals surface area contributed by atoms with E-state index in [0.717, 1.165) is 43.6 Å².